The molecular formula is C20H22N6O2S. The van der Waals surface area contributed by atoms with E-state index in [0.717, 1.165) is 16.0 Å². The molecule has 0 fully saturated rings. The number of aryl methyl sites for hydroxylation is 1. The molecule has 0 bridgehead atoms. The average molecular weight is 411 g/mol. The first-order valence-corrected chi connectivity index (χ1v) is 10.4. The molecule has 9 heteroatoms. The summed E-state index contributed by atoms with van der Waals surface area (Å²) in [6.07, 6.45) is 5.41. The van der Waals surface area contributed by atoms with Gasteiger partial charge in [0, 0.05) is 31.7 Å². The molecule has 0 spiro atoms. The van der Waals surface area contributed by atoms with Gasteiger partial charge in [0.2, 0.25) is 0 Å². The normalized spacial score (nSPS) is 11.1. The molecule has 3 aromatic heterocycles. The van der Waals surface area contributed by atoms with Gasteiger partial charge in [-0.05, 0) is 38.1 Å². The Labute approximate surface area is 172 Å². The third-order valence-corrected chi connectivity index (χ3v) is 5.49. The van der Waals surface area contributed by atoms with E-state index >= 15 is 0 Å². The van der Waals surface area contributed by atoms with Crippen molar-refractivity contribution in [2.45, 2.75) is 26.9 Å². The number of fused-ring (bicyclic) bond motifs is 1. The van der Waals surface area contributed by atoms with Crippen LogP contribution in [0.1, 0.15) is 24.3 Å². The number of aromatic nitrogens is 5. The van der Waals surface area contributed by atoms with Gasteiger partial charge in [-0.1, -0.05) is 17.4 Å². The largest absolute Gasteiger partial charge is 0.492 e. The third-order valence-electron chi connectivity index (χ3n) is 4.44. The van der Waals surface area contributed by atoms with E-state index in [0.29, 0.717) is 37.1 Å². The van der Waals surface area contributed by atoms with E-state index in [-0.39, 0.29) is 5.91 Å². The molecule has 0 aliphatic rings. The number of para-hydroxylation sites is 1. The van der Waals surface area contributed by atoms with Crippen LogP contribution in [0, 0.1) is 0 Å². The zero-order valence-electron chi connectivity index (χ0n) is 16.4. The van der Waals surface area contributed by atoms with Gasteiger partial charge in [-0.2, -0.15) is 10.2 Å². The van der Waals surface area contributed by atoms with Crippen LogP contribution in [0.3, 0.4) is 0 Å². The fourth-order valence-corrected chi connectivity index (χ4v) is 4.02. The van der Waals surface area contributed by atoms with E-state index in [4.69, 9.17) is 9.72 Å². The Hall–Kier alpha value is -3.20. The van der Waals surface area contributed by atoms with Crippen LogP contribution in [0.25, 0.3) is 10.2 Å². The summed E-state index contributed by atoms with van der Waals surface area (Å²) in [5.74, 6) is 0.545. The van der Waals surface area contributed by atoms with Gasteiger partial charge < -0.3 is 4.74 Å². The van der Waals surface area contributed by atoms with Gasteiger partial charge in [-0.15, -0.1) is 0 Å². The van der Waals surface area contributed by atoms with Crippen LogP contribution < -0.4 is 9.64 Å². The second kappa shape index (κ2) is 8.44. The third kappa shape index (κ3) is 4.00. The van der Waals surface area contributed by atoms with Crippen molar-refractivity contribution in [3.63, 3.8) is 0 Å². The summed E-state index contributed by atoms with van der Waals surface area (Å²) in [5.41, 5.74) is 1.17. The first kappa shape index (κ1) is 19.1. The molecule has 0 saturated carbocycles. The van der Waals surface area contributed by atoms with Crippen LogP contribution >= 0.6 is 11.3 Å². The smallest absolute Gasteiger partial charge is 0.280 e. The number of rotatable bonds is 8. The number of carbonyl (C=O) groups is 1. The molecule has 1 amide bonds. The van der Waals surface area contributed by atoms with Gasteiger partial charge in [0.25, 0.3) is 5.91 Å². The van der Waals surface area contributed by atoms with Crippen LogP contribution in [0.15, 0.2) is 48.9 Å². The fraction of sp³-hybridized carbons (Fsp3) is 0.300. The van der Waals surface area contributed by atoms with Crippen molar-refractivity contribution in [1.29, 1.82) is 0 Å². The summed E-state index contributed by atoms with van der Waals surface area (Å²) >= 11 is 1.47. The summed E-state index contributed by atoms with van der Waals surface area (Å²) in [6.45, 7) is 6.18. The summed E-state index contributed by atoms with van der Waals surface area (Å²) in [4.78, 5) is 19.7. The lowest BCUT2D eigenvalue weighted by Crippen LogP contribution is -2.34. The number of nitrogens with zero attached hydrogens (tertiary/aromatic N) is 6. The second-order valence-corrected chi connectivity index (χ2v) is 7.32. The highest BCUT2D eigenvalue weighted by Gasteiger charge is 2.24. The molecule has 4 rings (SSSR count). The van der Waals surface area contributed by atoms with E-state index in [1.54, 1.807) is 26.5 Å². The van der Waals surface area contributed by atoms with Gasteiger partial charge in [0.15, 0.2) is 10.8 Å². The summed E-state index contributed by atoms with van der Waals surface area (Å²) in [5, 5.41) is 9.23. The van der Waals surface area contributed by atoms with Crippen LogP contribution in [-0.2, 0) is 13.1 Å². The molecular weight excluding hydrogens is 388 g/mol. The maximum atomic E-state index is 13.3. The van der Waals surface area contributed by atoms with Gasteiger partial charge >= 0.3 is 0 Å². The zero-order chi connectivity index (χ0) is 20.2. The highest BCUT2D eigenvalue weighted by atomic mass is 32.1. The standard InChI is InChI=1S/C20H22N6O2S/c1-3-24-12-9-15(23-24)19(27)26(14-13-25-11-6-10-21-25)20-22-18-16(28-4-2)7-5-8-17(18)29-20/h5-12H,3-4,13-14H2,1-2H3. The van der Waals surface area contributed by atoms with Gasteiger partial charge in [0.05, 0.1) is 17.9 Å². The molecule has 4 aromatic rings. The number of benzene rings is 1. The Morgan fingerprint density at radius 3 is 2.79 bits per heavy atom. The van der Waals surface area contributed by atoms with E-state index in [1.165, 1.54) is 11.3 Å². The summed E-state index contributed by atoms with van der Waals surface area (Å²) < 4.78 is 10.2. The van der Waals surface area contributed by atoms with Crippen LogP contribution in [0.5, 0.6) is 5.75 Å². The van der Waals surface area contributed by atoms with Crippen LogP contribution in [0.2, 0.25) is 0 Å². The minimum absolute atomic E-state index is 0.179. The SMILES string of the molecule is CCOc1cccc2sc(N(CCn3cccn3)C(=O)c3ccn(CC)n3)nc12. The average Bonchev–Trinajstić information content (AvgIpc) is 3.48. The fourth-order valence-electron chi connectivity index (χ4n) is 3.01. The number of ether oxygens (including phenoxy) is 1. The quantitative estimate of drug-likeness (QED) is 0.445. The van der Waals surface area contributed by atoms with Gasteiger partial charge in [-0.3, -0.25) is 19.1 Å². The Morgan fingerprint density at radius 1 is 1.17 bits per heavy atom. The number of anilines is 1. The molecule has 0 aliphatic heterocycles. The van der Waals surface area contributed by atoms with Gasteiger partial charge in [0.1, 0.15) is 11.3 Å². The van der Waals surface area contributed by atoms with Gasteiger partial charge in [-0.25, -0.2) is 4.98 Å². The van der Waals surface area contributed by atoms with Crippen molar-refractivity contribution >= 4 is 32.6 Å². The zero-order valence-corrected chi connectivity index (χ0v) is 17.2. The molecule has 0 atom stereocenters. The molecule has 0 unspecified atom stereocenters. The number of carbonyl (C=O) groups excluding carboxylic acids is 1. The number of amides is 1. The Bertz CT molecular complexity index is 1100. The van der Waals surface area contributed by atoms with Crippen LogP contribution in [-0.4, -0.2) is 43.6 Å². The number of thiazole rings is 1. The number of hydrogen-bond donors (Lipinski definition) is 0. The van der Waals surface area contributed by atoms with Crippen molar-refractivity contribution in [2.24, 2.45) is 0 Å². The van der Waals surface area contributed by atoms with Crippen molar-refractivity contribution in [3.8, 4) is 5.75 Å². The molecule has 0 saturated heterocycles. The summed E-state index contributed by atoms with van der Waals surface area (Å²) in [6, 6.07) is 9.43. The van der Waals surface area contributed by atoms with E-state index in [9.17, 15) is 4.79 Å². The minimum atomic E-state index is -0.179. The molecule has 0 aliphatic carbocycles. The van der Waals surface area contributed by atoms with Crippen molar-refractivity contribution in [1.82, 2.24) is 24.5 Å². The van der Waals surface area contributed by atoms with Crippen LogP contribution in [0.4, 0.5) is 5.13 Å². The lowest BCUT2D eigenvalue weighted by molar-refractivity contribution is 0.0980. The monoisotopic (exact) mass is 410 g/mol. The first-order valence-electron chi connectivity index (χ1n) is 9.54. The lowest BCUT2D eigenvalue weighted by atomic mass is 10.3. The minimum Gasteiger partial charge on any atom is -0.492 e. The Balaban J connectivity index is 1.69. The molecule has 0 N–H and O–H groups in total. The topological polar surface area (TPSA) is 78.1 Å². The molecule has 3 heterocycles. The van der Waals surface area contributed by atoms with Crippen molar-refractivity contribution in [2.75, 3.05) is 18.1 Å². The second-order valence-electron chi connectivity index (χ2n) is 6.31. The molecule has 150 valence electrons. The van der Waals surface area contributed by atoms with Crippen molar-refractivity contribution < 1.29 is 9.53 Å². The Morgan fingerprint density at radius 2 is 2.07 bits per heavy atom. The maximum Gasteiger partial charge on any atom is 0.280 e. The molecule has 29 heavy (non-hydrogen) atoms. The van der Waals surface area contributed by atoms with E-state index in [1.807, 2.05) is 50.5 Å². The maximum absolute atomic E-state index is 13.3. The Kier molecular flexibility index (Phi) is 5.57. The molecule has 1 aromatic carbocycles. The highest BCUT2D eigenvalue weighted by molar-refractivity contribution is 7.22. The summed E-state index contributed by atoms with van der Waals surface area (Å²) in [7, 11) is 0. The number of hydrogen-bond acceptors (Lipinski definition) is 6. The van der Waals surface area contributed by atoms with Crippen molar-refractivity contribution in [3.05, 3.63) is 54.6 Å². The molecule has 8 nitrogen and oxygen atoms in total. The molecule has 0 radical (unpaired) electrons. The predicted octanol–water partition coefficient (Wildman–Crippen LogP) is 3.45. The lowest BCUT2D eigenvalue weighted by Gasteiger charge is -2.18. The first-order chi connectivity index (χ1) is 14.2. The predicted molar refractivity (Wildman–Crippen MR) is 113 cm³/mol. The van der Waals surface area contributed by atoms with E-state index in [2.05, 4.69) is 10.2 Å². The van der Waals surface area contributed by atoms with E-state index < -0.39 is 0 Å². The highest BCUT2D eigenvalue weighted by Crippen LogP contribution is 2.34.